The van der Waals surface area contributed by atoms with Gasteiger partial charge < -0.3 is 9.82 Å². The van der Waals surface area contributed by atoms with Gasteiger partial charge in [-0.3, -0.25) is 18.6 Å². The molecule has 43 heavy (non-hydrogen) atoms. The van der Waals surface area contributed by atoms with Crippen molar-refractivity contribution in [1.82, 2.24) is 19.2 Å². The van der Waals surface area contributed by atoms with Crippen molar-refractivity contribution < 1.29 is 45.1 Å². The molecular formula is C26H22BrF3N4O7S2. The van der Waals surface area contributed by atoms with Crippen LogP contribution in [-0.4, -0.2) is 50.0 Å². The lowest BCUT2D eigenvalue weighted by atomic mass is 10.0. The van der Waals surface area contributed by atoms with Gasteiger partial charge in [-0.05, 0) is 52.3 Å². The summed E-state index contributed by atoms with van der Waals surface area (Å²) < 4.78 is 90.8. The van der Waals surface area contributed by atoms with Crippen molar-refractivity contribution in [2.24, 2.45) is 0 Å². The van der Waals surface area contributed by atoms with E-state index >= 15 is 0 Å². The predicted octanol–water partition coefficient (Wildman–Crippen LogP) is 5.55. The zero-order chi connectivity index (χ0) is 31.2. The van der Waals surface area contributed by atoms with Crippen molar-refractivity contribution in [3.63, 3.8) is 0 Å². The third-order valence-corrected chi connectivity index (χ3v) is 10.4. The lowest BCUT2D eigenvalue weighted by Gasteiger charge is -2.33. The van der Waals surface area contributed by atoms with Crippen molar-refractivity contribution in [3.05, 3.63) is 94.2 Å². The number of imidazole rings is 1. The molecule has 11 nitrogen and oxygen atoms in total. The topological polar surface area (TPSA) is 162 Å². The minimum absolute atomic E-state index is 0.00754. The maximum atomic E-state index is 13.8. The maximum absolute atomic E-state index is 13.8. The van der Waals surface area contributed by atoms with Gasteiger partial charge in [-0.2, -0.15) is 13.2 Å². The Balaban J connectivity index is 1.60. The van der Waals surface area contributed by atoms with Crippen LogP contribution in [0.1, 0.15) is 34.7 Å². The maximum Gasteiger partial charge on any atom is 0.492 e. The average molecular weight is 704 g/mol. The van der Waals surface area contributed by atoms with E-state index in [0.717, 1.165) is 12.1 Å². The number of amides is 1. The number of nitrogens with zero attached hydrogens (tertiary/aromatic N) is 2. The molecule has 17 heteroatoms. The standard InChI is InChI=1S/C26H22BrF3N4O7S2/c27-17-4-3-5-18(13-17)43(39,40)34(41-25(36)26(28,29)30)21(24-31-19-6-1-2-7-20(19)32-24)12-15-8-10-16(11-9-15)22-14-23(35)33-42(22,37)38/h1-11,13,21-22,37-38H,12,14H2,(H,31,32)(H,33,35)/t21-,22?/m0/s1. The summed E-state index contributed by atoms with van der Waals surface area (Å²) in [4.78, 5) is 35.3. The van der Waals surface area contributed by atoms with E-state index in [2.05, 4.69) is 35.5 Å². The summed E-state index contributed by atoms with van der Waals surface area (Å²) in [5, 5.41) is -0.929. The number of sulfonamides is 1. The van der Waals surface area contributed by atoms with E-state index in [4.69, 9.17) is 0 Å². The smallest absolute Gasteiger partial charge is 0.344 e. The summed E-state index contributed by atoms with van der Waals surface area (Å²) in [5.74, 6) is -3.41. The van der Waals surface area contributed by atoms with Gasteiger partial charge in [0.05, 0.1) is 22.3 Å². The molecule has 0 radical (unpaired) electrons. The Morgan fingerprint density at radius 1 is 1.12 bits per heavy atom. The summed E-state index contributed by atoms with van der Waals surface area (Å²) in [7, 11) is -8.38. The molecule has 1 aromatic heterocycles. The fourth-order valence-electron chi connectivity index (χ4n) is 4.51. The van der Waals surface area contributed by atoms with Crippen molar-refractivity contribution in [3.8, 4) is 0 Å². The molecule has 5 rings (SSSR count). The minimum Gasteiger partial charge on any atom is -0.344 e. The van der Waals surface area contributed by atoms with Crippen LogP contribution in [0.4, 0.5) is 13.2 Å². The van der Waals surface area contributed by atoms with E-state index in [0.29, 0.717) is 26.6 Å². The third-order valence-electron chi connectivity index (χ3n) is 6.53. The number of para-hydroxylation sites is 2. The minimum atomic E-state index is -5.53. The second-order valence-corrected chi connectivity index (χ2v) is 14.2. The molecule has 2 atom stereocenters. The van der Waals surface area contributed by atoms with Crippen LogP contribution < -0.4 is 4.72 Å². The molecule has 0 bridgehead atoms. The fourth-order valence-corrected chi connectivity index (χ4v) is 7.95. The molecule has 0 aliphatic carbocycles. The first-order valence-corrected chi connectivity index (χ1v) is 16.2. The average Bonchev–Trinajstić information content (AvgIpc) is 3.49. The van der Waals surface area contributed by atoms with Crippen LogP contribution in [0.5, 0.6) is 0 Å². The first-order valence-electron chi connectivity index (χ1n) is 12.4. The molecule has 228 valence electrons. The molecule has 4 aromatic rings. The van der Waals surface area contributed by atoms with Crippen molar-refractivity contribution in [2.45, 2.75) is 35.2 Å². The molecule has 1 aliphatic rings. The van der Waals surface area contributed by atoms with Crippen LogP contribution in [0.3, 0.4) is 0 Å². The van der Waals surface area contributed by atoms with E-state index in [1.165, 1.54) is 36.4 Å². The van der Waals surface area contributed by atoms with Gasteiger partial charge in [0.25, 0.3) is 10.0 Å². The van der Waals surface area contributed by atoms with Crippen LogP contribution >= 0.6 is 26.7 Å². The van der Waals surface area contributed by atoms with E-state index in [1.54, 1.807) is 24.3 Å². The number of carbonyl (C=O) groups excluding carboxylic acids is 2. The zero-order valence-corrected chi connectivity index (χ0v) is 24.9. The van der Waals surface area contributed by atoms with E-state index in [9.17, 15) is 40.3 Å². The van der Waals surface area contributed by atoms with Gasteiger partial charge in [-0.1, -0.05) is 58.4 Å². The first kappa shape index (κ1) is 31.0. The Labute approximate surface area is 252 Å². The monoisotopic (exact) mass is 702 g/mol. The molecule has 1 aliphatic heterocycles. The van der Waals surface area contributed by atoms with Gasteiger partial charge in [0, 0.05) is 4.47 Å². The van der Waals surface area contributed by atoms with Crippen LogP contribution in [0, 0.1) is 0 Å². The predicted molar refractivity (Wildman–Crippen MR) is 153 cm³/mol. The van der Waals surface area contributed by atoms with Gasteiger partial charge in [-0.25, -0.2) is 18.2 Å². The summed E-state index contributed by atoms with van der Waals surface area (Å²) in [6, 6.07) is 16.0. The summed E-state index contributed by atoms with van der Waals surface area (Å²) in [5.41, 5.74) is 1.58. The second-order valence-electron chi connectivity index (χ2n) is 9.51. The number of hydrogen-bond acceptors (Lipinski definition) is 8. The summed E-state index contributed by atoms with van der Waals surface area (Å²) in [6.45, 7) is 0. The highest BCUT2D eigenvalue weighted by Gasteiger charge is 2.47. The quantitative estimate of drug-likeness (QED) is 0.174. The largest absolute Gasteiger partial charge is 0.492 e. The van der Waals surface area contributed by atoms with Crippen molar-refractivity contribution in [1.29, 1.82) is 0 Å². The molecule has 1 unspecified atom stereocenters. The Hall–Kier alpha value is -3.48. The SMILES string of the molecule is O=C1CC(c2ccc(C[C@@H](c3nc4ccccc4[nH]3)N(OC(=O)C(F)(F)F)S(=O)(=O)c3cccc(Br)c3)cc2)S(O)(O)N1. The molecule has 1 fully saturated rings. The van der Waals surface area contributed by atoms with Crippen LogP contribution in [0.25, 0.3) is 11.0 Å². The highest BCUT2D eigenvalue weighted by molar-refractivity contribution is 9.10. The molecule has 1 amide bonds. The molecule has 0 spiro atoms. The number of aromatic amines is 1. The number of alkyl halides is 3. The highest BCUT2D eigenvalue weighted by atomic mass is 79.9. The second kappa shape index (κ2) is 11.5. The summed E-state index contributed by atoms with van der Waals surface area (Å²) in [6.07, 6.45) is -6.03. The number of nitrogens with one attached hydrogen (secondary N) is 2. The van der Waals surface area contributed by atoms with Gasteiger partial charge in [-0.15, -0.1) is 10.8 Å². The number of hydroxylamine groups is 1. The number of halogens is 4. The van der Waals surface area contributed by atoms with Gasteiger partial charge in [0.1, 0.15) is 17.1 Å². The van der Waals surface area contributed by atoms with Crippen LogP contribution in [0.15, 0.2) is 82.2 Å². The Morgan fingerprint density at radius 2 is 1.81 bits per heavy atom. The van der Waals surface area contributed by atoms with Crippen molar-refractivity contribution >= 4 is 59.6 Å². The first-order chi connectivity index (χ1) is 20.1. The zero-order valence-electron chi connectivity index (χ0n) is 21.7. The molecule has 0 saturated carbocycles. The number of fused-ring (bicyclic) bond motifs is 1. The van der Waals surface area contributed by atoms with Gasteiger partial charge >= 0.3 is 12.1 Å². The Morgan fingerprint density at radius 3 is 2.42 bits per heavy atom. The lowest BCUT2D eigenvalue weighted by molar-refractivity contribution is -0.227. The van der Waals surface area contributed by atoms with E-state index in [1.807, 2.05) is 0 Å². The third kappa shape index (κ3) is 6.56. The molecule has 2 heterocycles. The van der Waals surface area contributed by atoms with Gasteiger partial charge in [0.15, 0.2) is 0 Å². The van der Waals surface area contributed by atoms with Crippen LogP contribution in [-0.2, 0) is 30.9 Å². The fraction of sp³-hybridized carbons (Fsp3) is 0.192. The number of rotatable bonds is 8. The normalized spacial score (nSPS) is 18.4. The molecule has 4 N–H and O–H groups in total. The molecular weight excluding hydrogens is 681 g/mol. The van der Waals surface area contributed by atoms with E-state index < -0.39 is 55.0 Å². The number of carbonyl (C=O) groups is 2. The lowest BCUT2D eigenvalue weighted by Crippen LogP contribution is -2.42. The molecule has 3 aromatic carbocycles. The Kier molecular flexibility index (Phi) is 8.32. The number of benzene rings is 3. The number of hydrogen-bond donors (Lipinski definition) is 4. The summed E-state index contributed by atoms with van der Waals surface area (Å²) >= 11 is 3.14. The van der Waals surface area contributed by atoms with E-state index in [-0.39, 0.29) is 23.1 Å². The molecule has 1 saturated heterocycles. The van der Waals surface area contributed by atoms with Gasteiger partial charge in [0.2, 0.25) is 5.91 Å². The van der Waals surface area contributed by atoms with Crippen LogP contribution in [0.2, 0.25) is 0 Å². The van der Waals surface area contributed by atoms with Crippen molar-refractivity contribution in [2.75, 3.05) is 0 Å². The number of aromatic nitrogens is 2. The Bertz CT molecular complexity index is 1770. The number of H-pyrrole nitrogens is 1. The highest BCUT2D eigenvalue weighted by Crippen LogP contribution is 2.56.